The minimum atomic E-state index is -1.22. The van der Waals surface area contributed by atoms with Crippen molar-refractivity contribution in [3.8, 4) is 11.5 Å². The fourth-order valence-electron chi connectivity index (χ4n) is 4.55. The van der Waals surface area contributed by atoms with Gasteiger partial charge in [-0.05, 0) is 59.3 Å². The fraction of sp³-hybridized carbons (Fsp3) is 0.154. The van der Waals surface area contributed by atoms with Gasteiger partial charge in [0.15, 0.2) is 0 Å². The second kappa shape index (κ2) is 8.21. The lowest BCUT2D eigenvalue weighted by molar-refractivity contribution is -0.0949. The van der Waals surface area contributed by atoms with E-state index in [0.717, 1.165) is 55.0 Å². The first kappa shape index (κ1) is 21.3. The van der Waals surface area contributed by atoms with Crippen molar-refractivity contribution >= 4 is 44.7 Å². The zero-order chi connectivity index (χ0) is 23.3. The third-order valence-electron chi connectivity index (χ3n) is 6.15. The number of fused-ring (bicyclic) bond motifs is 4. The molecule has 1 spiro atoms. The quantitative estimate of drug-likeness (QED) is 0.437. The smallest absolute Gasteiger partial charge is 0.314 e. The highest BCUT2D eigenvalue weighted by Crippen LogP contribution is 2.53. The lowest BCUT2D eigenvalue weighted by atomic mass is 9.95. The van der Waals surface area contributed by atoms with Crippen LogP contribution in [0.1, 0.15) is 29.2 Å². The van der Waals surface area contributed by atoms with Crippen LogP contribution >= 0.6 is 27.7 Å². The normalized spacial score (nSPS) is 23.9. The van der Waals surface area contributed by atoms with Gasteiger partial charge in [0, 0.05) is 16.5 Å². The van der Waals surface area contributed by atoms with Gasteiger partial charge in [-0.15, -0.1) is 0 Å². The highest BCUT2D eigenvalue weighted by molar-refractivity contribution is 9.10. The Morgan fingerprint density at radius 3 is 2.74 bits per heavy atom. The van der Waals surface area contributed by atoms with Gasteiger partial charge < -0.3 is 9.47 Å². The second-order valence-electron chi connectivity index (χ2n) is 8.20. The van der Waals surface area contributed by atoms with E-state index < -0.39 is 5.85 Å². The van der Waals surface area contributed by atoms with E-state index in [4.69, 9.17) is 14.6 Å². The Hall–Kier alpha value is -3.23. The summed E-state index contributed by atoms with van der Waals surface area (Å²) >= 11 is 4.73. The lowest BCUT2D eigenvalue weighted by Crippen LogP contribution is -2.61. The number of hydrogen-bond donors (Lipinski definition) is 1. The molecule has 0 saturated carbocycles. The van der Waals surface area contributed by atoms with Crippen molar-refractivity contribution in [1.29, 1.82) is 0 Å². The topological polar surface area (TPSA) is 63.2 Å². The summed E-state index contributed by atoms with van der Waals surface area (Å²) in [5.41, 5.74) is 3.98. The first-order chi connectivity index (χ1) is 16.6. The first-order valence-electron chi connectivity index (χ1n) is 10.8. The van der Waals surface area contributed by atoms with Gasteiger partial charge in [0.1, 0.15) is 11.5 Å². The third kappa shape index (κ3) is 3.49. The largest absolute Gasteiger partial charge is 0.497 e. The number of amides is 1. The highest BCUT2D eigenvalue weighted by Gasteiger charge is 2.58. The summed E-state index contributed by atoms with van der Waals surface area (Å²) in [4.78, 5) is 13.5. The van der Waals surface area contributed by atoms with Crippen molar-refractivity contribution in [1.82, 2.24) is 10.3 Å². The molecule has 1 saturated heterocycles. The molecule has 8 heteroatoms. The van der Waals surface area contributed by atoms with Crippen LogP contribution in [0, 0.1) is 0 Å². The van der Waals surface area contributed by atoms with Crippen LogP contribution in [0.25, 0.3) is 6.08 Å². The van der Waals surface area contributed by atoms with Gasteiger partial charge in [-0.25, -0.2) is 5.01 Å². The maximum atomic E-state index is 12.8. The van der Waals surface area contributed by atoms with Crippen LogP contribution in [-0.4, -0.2) is 28.9 Å². The molecule has 3 aromatic carbocycles. The van der Waals surface area contributed by atoms with Crippen molar-refractivity contribution in [2.45, 2.75) is 18.3 Å². The summed E-state index contributed by atoms with van der Waals surface area (Å²) in [6, 6.07) is 23.7. The molecule has 1 fully saturated rings. The fourth-order valence-corrected chi connectivity index (χ4v) is 5.83. The highest BCUT2D eigenvalue weighted by atomic mass is 79.9. The molecule has 0 bridgehead atoms. The monoisotopic (exact) mass is 533 g/mol. The number of hydrogen-bond acceptors (Lipinski definition) is 6. The van der Waals surface area contributed by atoms with Crippen molar-refractivity contribution in [2.24, 2.45) is 5.10 Å². The summed E-state index contributed by atoms with van der Waals surface area (Å²) in [6.07, 6.45) is 2.67. The van der Waals surface area contributed by atoms with E-state index in [1.807, 2.05) is 65.7 Å². The summed E-state index contributed by atoms with van der Waals surface area (Å²) in [5.74, 6) is 0.289. The predicted octanol–water partition coefficient (Wildman–Crippen LogP) is 6.15. The Bertz CT molecular complexity index is 1340. The number of carbonyl (C=O) groups excluding carboxylic acids is 1. The van der Waals surface area contributed by atoms with Crippen molar-refractivity contribution in [3.05, 3.63) is 98.9 Å². The summed E-state index contributed by atoms with van der Waals surface area (Å²) in [7, 11) is 1.64. The Labute approximate surface area is 209 Å². The van der Waals surface area contributed by atoms with Gasteiger partial charge in [-0.1, -0.05) is 58.4 Å². The van der Waals surface area contributed by atoms with E-state index in [2.05, 4.69) is 39.4 Å². The van der Waals surface area contributed by atoms with Crippen molar-refractivity contribution < 1.29 is 14.3 Å². The van der Waals surface area contributed by atoms with Crippen LogP contribution < -0.4 is 14.8 Å². The number of ether oxygens (including phenoxy) is 2. The van der Waals surface area contributed by atoms with Crippen molar-refractivity contribution in [3.63, 3.8) is 0 Å². The number of halogens is 1. The number of nitrogens with one attached hydrogen (secondary N) is 1. The van der Waals surface area contributed by atoms with E-state index in [1.165, 1.54) is 0 Å². The molecular formula is C26H20BrN3O3S. The van der Waals surface area contributed by atoms with E-state index in [9.17, 15) is 4.79 Å². The molecule has 1 N–H and O–H groups in total. The number of hydrazone groups is 1. The van der Waals surface area contributed by atoms with Gasteiger partial charge in [0.2, 0.25) is 0 Å². The Balaban J connectivity index is 1.50. The third-order valence-corrected chi connectivity index (χ3v) is 7.55. The number of thioether (sulfide) groups is 1. The van der Waals surface area contributed by atoms with Gasteiger partial charge in [0.25, 0.3) is 5.24 Å². The minimum Gasteiger partial charge on any atom is -0.497 e. The average molecular weight is 534 g/mol. The zero-order valence-corrected chi connectivity index (χ0v) is 20.6. The predicted molar refractivity (Wildman–Crippen MR) is 137 cm³/mol. The standard InChI is InChI=1S/C26H20BrN3O3S/c1-32-19-10-7-16(8-11-19)13-24-26(28-25(31)34-24)30-22(20-14-18(27)9-12-23(20)33-26)15-21(29-30)17-5-3-2-4-6-17/h2-14,22H,15H2,1H3,(H,28,31)/b24-13-. The molecule has 3 aliphatic rings. The van der Waals surface area contributed by atoms with E-state index >= 15 is 0 Å². The van der Waals surface area contributed by atoms with E-state index in [1.54, 1.807) is 7.11 Å². The zero-order valence-electron chi connectivity index (χ0n) is 18.2. The molecule has 6 rings (SSSR count). The number of benzene rings is 3. The molecule has 0 aromatic heterocycles. The molecule has 0 radical (unpaired) electrons. The Morgan fingerprint density at radius 2 is 1.97 bits per heavy atom. The van der Waals surface area contributed by atoms with Crippen LogP contribution in [-0.2, 0) is 0 Å². The van der Waals surface area contributed by atoms with Gasteiger partial charge in [0.05, 0.1) is 23.8 Å². The molecule has 1 amide bonds. The molecule has 3 heterocycles. The molecule has 2 atom stereocenters. The van der Waals surface area contributed by atoms with Crippen LogP contribution in [0.4, 0.5) is 4.79 Å². The van der Waals surface area contributed by atoms with Gasteiger partial charge >= 0.3 is 5.85 Å². The minimum absolute atomic E-state index is 0.0882. The van der Waals surface area contributed by atoms with Crippen LogP contribution in [0.15, 0.2) is 87.3 Å². The lowest BCUT2D eigenvalue weighted by Gasteiger charge is -2.45. The molecule has 6 nitrogen and oxygen atoms in total. The van der Waals surface area contributed by atoms with Crippen LogP contribution in [0.5, 0.6) is 11.5 Å². The molecular weight excluding hydrogens is 514 g/mol. The van der Waals surface area contributed by atoms with E-state index in [-0.39, 0.29) is 11.3 Å². The Kier molecular flexibility index (Phi) is 5.15. The SMILES string of the molecule is COc1ccc(/C=C2\SC(=O)NC23Oc2ccc(Br)cc2C2CC(c4ccccc4)=NN23)cc1. The average Bonchev–Trinajstić information content (AvgIpc) is 3.44. The van der Waals surface area contributed by atoms with Gasteiger partial charge in [-0.3, -0.25) is 10.1 Å². The summed E-state index contributed by atoms with van der Waals surface area (Å²) < 4.78 is 12.8. The van der Waals surface area contributed by atoms with Crippen molar-refractivity contribution in [2.75, 3.05) is 7.11 Å². The Morgan fingerprint density at radius 1 is 1.18 bits per heavy atom. The summed E-state index contributed by atoms with van der Waals surface area (Å²) in [5, 5.41) is 9.83. The molecule has 3 aliphatic heterocycles. The van der Waals surface area contributed by atoms with Crippen LogP contribution in [0.2, 0.25) is 0 Å². The molecule has 2 unspecified atom stereocenters. The van der Waals surface area contributed by atoms with Crippen LogP contribution in [0.3, 0.4) is 0 Å². The molecule has 170 valence electrons. The molecule has 0 aliphatic carbocycles. The summed E-state index contributed by atoms with van der Waals surface area (Å²) in [6.45, 7) is 0. The molecule has 3 aromatic rings. The van der Waals surface area contributed by atoms with E-state index in [0.29, 0.717) is 6.42 Å². The number of nitrogens with zero attached hydrogens (tertiary/aromatic N) is 2. The second-order valence-corrected chi connectivity index (χ2v) is 10.1. The van der Waals surface area contributed by atoms with Gasteiger partial charge in [-0.2, -0.15) is 5.10 Å². The maximum Gasteiger partial charge on any atom is 0.314 e. The number of carbonyl (C=O) groups is 1. The maximum absolute atomic E-state index is 12.8. The number of methoxy groups -OCH3 is 1. The molecule has 34 heavy (non-hydrogen) atoms. The number of rotatable bonds is 3. The first-order valence-corrected chi connectivity index (χ1v) is 12.4.